The lowest BCUT2D eigenvalue weighted by Crippen LogP contribution is -2.10. The predicted octanol–water partition coefficient (Wildman–Crippen LogP) is 3.39. The van der Waals surface area contributed by atoms with Gasteiger partial charge in [0.15, 0.2) is 11.5 Å². The zero-order valence-electron chi connectivity index (χ0n) is 13.3. The Hall–Kier alpha value is -2.82. The summed E-state index contributed by atoms with van der Waals surface area (Å²) in [6, 6.07) is 12.7. The number of nitrogens with zero attached hydrogens (tertiary/aromatic N) is 1. The number of benzene rings is 2. The molecular weight excluding hydrogens is 292 g/mol. The van der Waals surface area contributed by atoms with E-state index in [1.807, 2.05) is 50.2 Å². The first-order valence-electron chi connectivity index (χ1n) is 7.42. The second-order valence-corrected chi connectivity index (χ2v) is 5.46. The molecule has 1 N–H and O–H groups in total. The van der Waals surface area contributed by atoms with Gasteiger partial charge < -0.3 is 14.5 Å². The highest BCUT2D eigenvalue weighted by Gasteiger charge is 2.11. The third kappa shape index (κ3) is 3.04. The van der Waals surface area contributed by atoms with Gasteiger partial charge in [-0.2, -0.15) is 0 Å². The first-order chi connectivity index (χ1) is 11.1. The minimum Gasteiger partial charge on any atom is -0.493 e. The summed E-state index contributed by atoms with van der Waals surface area (Å²) in [5, 5.41) is 0.572. The molecule has 3 aromatic rings. The summed E-state index contributed by atoms with van der Waals surface area (Å²) in [5.41, 5.74) is 1.26. The molecule has 118 valence electrons. The normalized spacial score (nSPS) is 11.0. The molecular formula is C18H18N2O3. The highest BCUT2D eigenvalue weighted by molar-refractivity contribution is 5.79. The van der Waals surface area contributed by atoms with Crippen LogP contribution in [0.1, 0.15) is 13.8 Å². The van der Waals surface area contributed by atoms with Crippen LogP contribution < -0.4 is 15.0 Å². The largest absolute Gasteiger partial charge is 0.493 e. The molecule has 0 aliphatic heterocycles. The molecule has 1 aromatic heterocycles. The van der Waals surface area contributed by atoms with Crippen molar-refractivity contribution in [2.45, 2.75) is 20.0 Å². The Kier molecular flexibility index (Phi) is 4.02. The van der Waals surface area contributed by atoms with E-state index in [4.69, 9.17) is 9.47 Å². The second-order valence-electron chi connectivity index (χ2n) is 5.46. The van der Waals surface area contributed by atoms with Gasteiger partial charge in [-0.25, -0.2) is 4.98 Å². The van der Waals surface area contributed by atoms with Crippen LogP contribution in [0.5, 0.6) is 11.5 Å². The lowest BCUT2D eigenvalue weighted by molar-refractivity contribution is 0.230. The Morgan fingerprint density at radius 1 is 1.09 bits per heavy atom. The van der Waals surface area contributed by atoms with Crippen molar-refractivity contribution in [2.24, 2.45) is 0 Å². The summed E-state index contributed by atoms with van der Waals surface area (Å²) in [6.07, 6.45) is 0.0494. The van der Waals surface area contributed by atoms with Crippen molar-refractivity contribution in [1.82, 2.24) is 9.97 Å². The average Bonchev–Trinajstić information content (AvgIpc) is 2.54. The summed E-state index contributed by atoms with van der Waals surface area (Å²) in [7, 11) is 1.59. The predicted molar refractivity (Wildman–Crippen MR) is 90.1 cm³/mol. The topological polar surface area (TPSA) is 64.2 Å². The third-order valence-corrected chi connectivity index (χ3v) is 3.41. The number of hydrogen-bond acceptors (Lipinski definition) is 4. The minimum atomic E-state index is -0.160. The smallest absolute Gasteiger partial charge is 0.259 e. The van der Waals surface area contributed by atoms with Crippen molar-refractivity contribution < 1.29 is 9.47 Å². The standard InChI is InChI=1S/C18H18N2O3/c1-11(2)23-15-9-8-12(10-16(15)22-3)17-19-14-7-5-4-6-13(14)18(21)20-17/h4-11H,1-3H3,(H,19,20,21). The molecule has 5 nitrogen and oxygen atoms in total. The summed E-state index contributed by atoms with van der Waals surface area (Å²) in [4.78, 5) is 19.5. The lowest BCUT2D eigenvalue weighted by atomic mass is 10.1. The molecule has 0 bridgehead atoms. The number of ether oxygens (including phenoxy) is 2. The van der Waals surface area contributed by atoms with E-state index in [9.17, 15) is 4.79 Å². The van der Waals surface area contributed by atoms with Crippen LogP contribution in [0.3, 0.4) is 0 Å². The molecule has 3 rings (SSSR count). The van der Waals surface area contributed by atoms with Gasteiger partial charge in [0.05, 0.1) is 24.1 Å². The zero-order valence-corrected chi connectivity index (χ0v) is 13.3. The third-order valence-electron chi connectivity index (χ3n) is 3.41. The number of H-pyrrole nitrogens is 1. The van der Waals surface area contributed by atoms with Crippen molar-refractivity contribution >= 4 is 10.9 Å². The molecule has 0 radical (unpaired) electrons. The maximum atomic E-state index is 12.2. The molecule has 1 heterocycles. The number of aromatic amines is 1. The van der Waals surface area contributed by atoms with Crippen molar-refractivity contribution in [3.05, 3.63) is 52.8 Å². The molecule has 0 unspecified atom stereocenters. The molecule has 0 amide bonds. The van der Waals surface area contributed by atoms with E-state index in [1.165, 1.54) is 0 Å². The number of rotatable bonds is 4. The highest BCUT2D eigenvalue weighted by atomic mass is 16.5. The van der Waals surface area contributed by atoms with Gasteiger partial charge in [0, 0.05) is 5.56 Å². The number of para-hydroxylation sites is 1. The zero-order chi connectivity index (χ0) is 16.4. The Bertz CT molecular complexity index is 900. The molecule has 23 heavy (non-hydrogen) atoms. The minimum absolute atomic E-state index is 0.0494. The fourth-order valence-electron chi connectivity index (χ4n) is 2.39. The SMILES string of the molecule is COc1cc(-c2nc3ccccc3c(=O)[nH]2)ccc1OC(C)C. The van der Waals surface area contributed by atoms with E-state index in [0.717, 1.165) is 5.56 Å². The first kappa shape index (κ1) is 15.1. The van der Waals surface area contributed by atoms with Crippen LogP contribution in [-0.2, 0) is 0 Å². The maximum absolute atomic E-state index is 12.2. The Morgan fingerprint density at radius 2 is 1.87 bits per heavy atom. The second kappa shape index (κ2) is 6.12. The van der Waals surface area contributed by atoms with Crippen molar-refractivity contribution in [1.29, 1.82) is 0 Å². The Morgan fingerprint density at radius 3 is 2.61 bits per heavy atom. The Labute approximate surface area is 133 Å². The van der Waals surface area contributed by atoms with Crippen LogP contribution in [-0.4, -0.2) is 23.2 Å². The van der Waals surface area contributed by atoms with E-state index in [2.05, 4.69) is 9.97 Å². The maximum Gasteiger partial charge on any atom is 0.259 e. The van der Waals surface area contributed by atoms with Gasteiger partial charge >= 0.3 is 0 Å². The van der Waals surface area contributed by atoms with Gasteiger partial charge in [0.25, 0.3) is 5.56 Å². The van der Waals surface area contributed by atoms with E-state index in [-0.39, 0.29) is 11.7 Å². The molecule has 0 saturated carbocycles. The number of methoxy groups -OCH3 is 1. The molecule has 0 saturated heterocycles. The monoisotopic (exact) mass is 310 g/mol. The molecule has 5 heteroatoms. The van der Waals surface area contributed by atoms with Gasteiger partial charge in [0.2, 0.25) is 0 Å². The number of fused-ring (bicyclic) bond motifs is 1. The van der Waals surface area contributed by atoms with Gasteiger partial charge in [-0.15, -0.1) is 0 Å². The average molecular weight is 310 g/mol. The molecule has 2 aromatic carbocycles. The fourth-order valence-corrected chi connectivity index (χ4v) is 2.39. The highest BCUT2D eigenvalue weighted by Crippen LogP contribution is 2.32. The van der Waals surface area contributed by atoms with Gasteiger partial charge in [-0.1, -0.05) is 12.1 Å². The van der Waals surface area contributed by atoms with Crippen molar-refractivity contribution in [3.8, 4) is 22.9 Å². The van der Waals surface area contributed by atoms with Crippen LogP contribution in [0.15, 0.2) is 47.3 Å². The van der Waals surface area contributed by atoms with E-state index >= 15 is 0 Å². The lowest BCUT2D eigenvalue weighted by Gasteiger charge is -2.14. The van der Waals surface area contributed by atoms with E-state index in [1.54, 1.807) is 13.2 Å². The van der Waals surface area contributed by atoms with Gasteiger partial charge in [0.1, 0.15) is 5.82 Å². The Balaban J connectivity index is 2.10. The summed E-state index contributed by atoms with van der Waals surface area (Å²) >= 11 is 0. The molecule has 0 aliphatic carbocycles. The molecule has 0 atom stereocenters. The summed E-state index contributed by atoms with van der Waals surface area (Å²) in [6.45, 7) is 3.91. The number of hydrogen-bond donors (Lipinski definition) is 1. The van der Waals surface area contributed by atoms with Crippen LogP contribution in [0.2, 0.25) is 0 Å². The molecule has 0 fully saturated rings. The van der Waals surface area contributed by atoms with E-state index < -0.39 is 0 Å². The van der Waals surface area contributed by atoms with Crippen molar-refractivity contribution in [3.63, 3.8) is 0 Å². The van der Waals surface area contributed by atoms with Crippen LogP contribution in [0.4, 0.5) is 0 Å². The van der Waals surface area contributed by atoms with Crippen LogP contribution in [0, 0.1) is 0 Å². The molecule has 0 spiro atoms. The quantitative estimate of drug-likeness (QED) is 0.802. The first-order valence-corrected chi connectivity index (χ1v) is 7.42. The fraction of sp³-hybridized carbons (Fsp3) is 0.222. The summed E-state index contributed by atoms with van der Waals surface area (Å²) in [5.74, 6) is 1.77. The number of nitrogens with one attached hydrogen (secondary N) is 1. The van der Waals surface area contributed by atoms with Crippen LogP contribution >= 0.6 is 0 Å². The number of aromatic nitrogens is 2. The van der Waals surface area contributed by atoms with E-state index in [0.29, 0.717) is 28.2 Å². The summed E-state index contributed by atoms with van der Waals surface area (Å²) < 4.78 is 11.1. The molecule has 0 aliphatic rings. The van der Waals surface area contributed by atoms with Gasteiger partial charge in [-0.05, 0) is 44.2 Å². The van der Waals surface area contributed by atoms with Crippen molar-refractivity contribution in [2.75, 3.05) is 7.11 Å². The van der Waals surface area contributed by atoms with Gasteiger partial charge in [-0.3, -0.25) is 4.79 Å². The van der Waals surface area contributed by atoms with Crippen LogP contribution in [0.25, 0.3) is 22.3 Å².